The topological polar surface area (TPSA) is 138 Å². The van der Waals surface area contributed by atoms with E-state index in [-0.39, 0.29) is 12.6 Å². The third-order valence-electron chi connectivity index (χ3n) is 5.17. The number of imidazole rings is 1. The summed E-state index contributed by atoms with van der Waals surface area (Å²) in [6.45, 7) is -0.385. The van der Waals surface area contributed by atoms with Crippen molar-refractivity contribution >= 4 is 22.9 Å². The second kappa shape index (κ2) is 6.95. The van der Waals surface area contributed by atoms with Crippen LogP contribution in [0, 0.1) is 0 Å². The van der Waals surface area contributed by atoms with Crippen molar-refractivity contribution < 1.29 is 20.1 Å². The van der Waals surface area contributed by atoms with Gasteiger partial charge in [0.15, 0.2) is 23.2 Å². The highest BCUT2D eigenvalue weighted by atomic mass is 16.6. The van der Waals surface area contributed by atoms with Crippen molar-refractivity contribution in [3.8, 4) is 0 Å². The third-order valence-corrected chi connectivity index (χ3v) is 5.17. The van der Waals surface area contributed by atoms with Crippen molar-refractivity contribution in [2.45, 2.75) is 56.3 Å². The number of hydrogen-bond acceptors (Lipinski definition) is 9. The zero-order valence-corrected chi connectivity index (χ0v) is 14.5. The quantitative estimate of drug-likeness (QED) is 0.490. The van der Waals surface area contributed by atoms with Crippen molar-refractivity contribution in [3.05, 3.63) is 6.33 Å². The number of nitrogens with zero attached hydrogens (tertiary/aromatic N) is 4. The van der Waals surface area contributed by atoms with Crippen LogP contribution in [-0.2, 0) is 4.74 Å². The fraction of sp³-hybridized carbons (Fsp3) is 0.688. The van der Waals surface area contributed by atoms with Gasteiger partial charge in [-0.3, -0.25) is 4.57 Å². The van der Waals surface area contributed by atoms with Crippen LogP contribution in [0.25, 0.3) is 11.2 Å². The Morgan fingerprint density at radius 3 is 2.65 bits per heavy atom. The number of rotatable bonds is 5. The van der Waals surface area contributed by atoms with Gasteiger partial charge in [0.1, 0.15) is 24.6 Å². The van der Waals surface area contributed by atoms with Crippen LogP contribution in [0.4, 0.5) is 11.8 Å². The van der Waals surface area contributed by atoms with Gasteiger partial charge < -0.3 is 30.7 Å². The maximum Gasteiger partial charge on any atom is 0.207 e. The number of hydrogen-bond donors (Lipinski definition) is 5. The predicted octanol–water partition coefficient (Wildman–Crippen LogP) is -0.166. The van der Waals surface area contributed by atoms with E-state index in [2.05, 4.69) is 25.6 Å². The van der Waals surface area contributed by atoms with Gasteiger partial charge in [0.05, 0.1) is 6.61 Å². The number of ether oxygens (including phenoxy) is 1. The molecule has 4 unspecified atom stereocenters. The number of aromatic nitrogens is 4. The van der Waals surface area contributed by atoms with Crippen molar-refractivity contribution in [1.82, 2.24) is 19.5 Å². The van der Waals surface area contributed by atoms with Gasteiger partial charge >= 0.3 is 0 Å². The van der Waals surface area contributed by atoms with E-state index in [1.165, 1.54) is 6.33 Å². The maximum absolute atomic E-state index is 10.5. The van der Waals surface area contributed by atoms with E-state index >= 15 is 0 Å². The molecule has 142 valence electrons. The molecule has 2 aromatic heterocycles. The largest absolute Gasteiger partial charge is 0.394 e. The molecule has 2 fully saturated rings. The number of fused-ring (bicyclic) bond motifs is 1. The summed E-state index contributed by atoms with van der Waals surface area (Å²) >= 11 is 0. The Morgan fingerprint density at radius 2 is 2.00 bits per heavy atom. The fourth-order valence-corrected chi connectivity index (χ4v) is 3.78. The van der Waals surface area contributed by atoms with Gasteiger partial charge in [0.25, 0.3) is 0 Å². The molecular weight excluding hydrogens is 340 g/mol. The number of aliphatic hydroxyl groups is 3. The van der Waals surface area contributed by atoms with Crippen LogP contribution in [0.2, 0.25) is 0 Å². The van der Waals surface area contributed by atoms with Crippen molar-refractivity contribution in [2.75, 3.05) is 24.3 Å². The average Bonchev–Trinajstić information content (AvgIpc) is 3.35. The lowest BCUT2D eigenvalue weighted by atomic mass is 10.1. The number of nitrogens with one attached hydrogen (secondary N) is 2. The molecule has 0 radical (unpaired) electrons. The van der Waals surface area contributed by atoms with E-state index in [4.69, 9.17) is 4.74 Å². The molecule has 5 N–H and O–H groups in total. The lowest BCUT2D eigenvalue weighted by molar-refractivity contribution is -0.0501. The maximum atomic E-state index is 10.5. The molecule has 2 aliphatic rings. The van der Waals surface area contributed by atoms with Gasteiger partial charge in [0, 0.05) is 13.1 Å². The normalized spacial score (nSPS) is 29.5. The molecule has 26 heavy (non-hydrogen) atoms. The minimum atomic E-state index is -1.21. The molecule has 2 aromatic rings. The standard InChI is InChI=1S/C16H24N6O4/c1-17-13-10-14(19-7-18-13)22(15-12(25)11(24)9(6-23)26-15)16(21-10)20-8-4-2-3-5-8/h7-9,11-12,15,23-25H,2-6H2,1H3,(H,20,21)(H,17,18,19). The highest BCUT2D eigenvalue weighted by Crippen LogP contribution is 2.36. The summed E-state index contributed by atoms with van der Waals surface area (Å²) in [6, 6.07) is 0.286. The lowest BCUT2D eigenvalue weighted by Crippen LogP contribution is -2.33. The van der Waals surface area contributed by atoms with Crippen LogP contribution in [0.3, 0.4) is 0 Å². The second-order valence-corrected chi connectivity index (χ2v) is 6.80. The zero-order chi connectivity index (χ0) is 18.3. The van der Waals surface area contributed by atoms with Gasteiger partial charge in [-0.25, -0.2) is 15.0 Å². The summed E-state index contributed by atoms with van der Waals surface area (Å²) in [6.07, 6.45) is 1.66. The van der Waals surface area contributed by atoms with Gasteiger partial charge in [0.2, 0.25) is 5.95 Å². The Balaban J connectivity index is 1.80. The molecule has 1 saturated carbocycles. The van der Waals surface area contributed by atoms with Crippen LogP contribution in [0.1, 0.15) is 31.9 Å². The molecule has 10 heteroatoms. The molecule has 0 spiro atoms. The monoisotopic (exact) mass is 364 g/mol. The summed E-state index contributed by atoms with van der Waals surface area (Å²) in [5.74, 6) is 1.08. The Kier molecular flexibility index (Phi) is 4.65. The molecule has 4 atom stereocenters. The first-order chi connectivity index (χ1) is 12.6. The molecule has 4 rings (SSSR count). The Labute approximate surface area is 150 Å². The van der Waals surface area contributed by atoms with Crippen molar-refractivity contribution in [2.24, 2.45) is 0 Å². The molecule has 0 amide bonds. The molecule has 3 heterocycles. The minimum absolute atomic E-state index is 0.286. The molecule has 0 aromatic carbocycles. The Bertz CT molecular complexity index is 777. The summed E-state index contributed by atoms with van der Waals surface area (Å²) < 4.78 is 7.37. The van der Waals surface area contributed by atoms with E-state index in [1.807, 2.05) is 0 Å². The van der Waals surface area contributed by atoms with Gasteiger partial charge in [-0.05, 0) is 12.8 Å². The molecule has 1 aliphatic heterocycles. The molecule has 10 nitrogen and oxygen atoms in total. The van der Waals surface area contributed by atoms with E-state index < -0.39 is 24.5 Å². The van der Waals surface area contributed by atoms with Crippen LogP contribution < -0.4 is 10.6 Å². The van der Waals surface area contributed by atoms with Gasteiger partial charge in [-0.15, -0.1) is 0 Å². The summed E-state index contributed by atoms with van der Waals surface area (Å²) in [5.41, 5.74) is 1.04. The first-order valence-electron chi connectivity index (χ1n) is 8.93. The Morgan fingerprint density at radius 1 is 1.23 bits per heavy atom. The third kappa shape index (κ3) is 2.78. The Hall–Kier alpha value is -2.01. The summed E-state index contributed by atoms with van der Waals surface area (Å²) in [5, 5.41) is 36.4. The summed E-state index contributed by atoms with van der Waals surface area (Å²) in [7, 11) is 1.75. The second-order valence-electron chi connectivity index (χ2n) is 6.80. The highest BCUT2D eigenvalue weighted by molar-refractivity contribution is 5.85. The van der Waals surface area contributed by atoms with Crippen LogP contribution in [-0.4, -0.2) is 72.8 Å². The minimum Gasteiger partial charge on any atom is -0.394 e. The van der Waals surface area contributed by atoms with Crippen molar-refractivity contribution in [3.63, 3.8) is 0 Å². The average molecular weight is 364 g/mol. The fourth-order valence-electron chi connectivity index (χ4n) is 3.78. The summed E-state index contributed by atoms with van der Waals surface area (Å²) in [4.78, 5) is 13.1. The number of aliphatic hydroxyl groups excluding tert-OH is 3. The van der Waals surface area contributed by atoms with Crippen LogP contribution >= 0.6 is 0 Å². The molecule has 1 aliphatic carbocycles. The molecule has 0 bridgehead atoms. The molecular formula is C16H24N6O4. The molecule has 1 saturated heterocycles. The van der Waals surface area contributed by atoms with Crippen LogP contribution in [0.5, 0.6) is 0 Å². The number of anilines is 2. The lowest BCUT2D eigenvalue weighted by Gasteiger charge is -2.21. The van der Waals surface area contributed by atoms with Crippen LogP contribution in [0.15, 0.2) is 6.33 Å². The zero-order valence-electron chi connectivity index (χ0n) is 14.5. The van der Waals surface area contributed by atoms with E-state index in [1.54, 1.807) is 11.6 Å². The van der Waals surface area contributed by atoms with Gasteiger partial charge in [-0.1, -0.05) is 12.8 Å². The first-order valence-corrected chi connectivity index (χ1v) is 8.93. The first kappa shape index (κ1) is 17.4. The predicted molar refractivity (Wildman–Crippen MR) is 93.8 cm³/mol. The van der Waals surface area contributed by atoms with E-state index in [0.717, 1.165) is 25.7 Å². The van der Waals surface area contributed by atoms with E-state index in [9.17, 15) is 15.3 Å². The smallest absolute Gasteiger partial charge is 0.207 e. The van der Waals surface area contributed by atoms with Gasteiger partial charge in [-0.2, -0.15) is 0 Å². The highest BCUT2D eigenvalue weighted by Gasteiger charge is 2.45. The van der Waals surface area contributed by atoms with E-state index in [0.29, 0.717) is 22.9 Å². The van der Waals surface area contributed by atoms with Crippen molar-refractivity contribution in [1.29, 1.82) is 0 Å². The SMILES string of the molecule is CNc1ncnc2c1nc(NC1CCCC1)n2C1OC(CO)C(O)C1O.